The normalized spacial score (nSPS) is 14.5. The van der Waals surface area contributed by atoms with E-state index in [1.807, 2.05) is 29.1 Å². The maximum absolute atomic E-state index is 12.2. The first-order valence-electron chi connectivity index (χ1n) is 9.29. The van der Waals surface area contributed by atoms with Gasteiger partial charge in [-0.2, -0.15) is 5.10 Å². The van der Waals surface area contributed by atoms with Crippen molar-refractivity contribution >= 4 is 34.0 Å². The minimum Gasteiger partial charge on any atom is -0.399 e. The van der Waals surface area contributed by atoms with Gasteiger partial charge in [-0.25, -0.2) is 4.79 Å². The van der Waals surface area contributed by atoms with E-state index in [1.165, 1.54) is 25.9 Å². The second-order valence-electron chi connectivity index (χ2n) is 6.89. The van der Waals surface area contributed by atoms with Crippen molar-refractivity contribution in [3.05, 3.63) is 48.7 Å². The third kappa shape index (κ3) is 4.20. The van der Waals surface area contributed by atoms with Gasteiger partial charge in [-0.3, -0.25) is 4.68 Å². The number of hydrogen-bond donors (Lipinski definition) is 3. The molecule has 7 heteroatoms. The van der Waals surface area contributed by atoms with E-state index in [0.29, 0.717) is 11.4 Å². The molecule has 0 atom stereocenters. The van der Waals surface area contributed by atoms with Gasteiger partial charge >= 0.3 is 6.03 Å². The molecule has 4 rings (SSSR count). The van der Waals surface area contributed by atoms with Gasteiger partial charge in [-0.15, -0.1) is 0 Å². The summed E-state index contributed by atoms with van der Waals surface area (Å²) in [6.07, 6.45) is 4.45. The van der Waals surface area contributed by atoms with Crippen LogP contribution < -0.4 is 16.4 Å². The number of nitrogens with two attached hydrogens (primary N) is 1. The first-order valence-corrected chi connectivity index (χ1v) is 9.29. The lowest BCUT2D eigenvalue weighted by Crippen LogP contribution is -2.24. The van der Waals surface area contributed by atoms with Gasteiger partial charge in [-0.05, 0) is 68.4 Å². The molecule has 2 aromatic carbocycles. The van der Waals surface area contributed by atoms with Gasteiger partial charge in [0.1, 0.15) is 0 Å². The summed E-state index contributed by atoms with van der Waals surface area (Å²) in [5, 5.41) is 11.2. The third-order valence-electron chi connectivity index (χ3n) is 4.89. The predicted octanol–water partition coefficient (Wildman–Crippen LogP) is 3.36. The molecule has 2 heterocycles. The van der Waals surface area contributed by atoms with Crippen LogP contribution in [0.3, 0.4) is 0 Å². The summed E-state index contributed by atoms with van der Waals surface area (Å²) in [4.78, 5) is 14.7. The number of aromatic nitrogens is 2. The van der Waals surface area contributed by atoms with Crippen molar-refractivity contribution in [2.75, 3.05) is 36.0 Å². The van der Waals surface area contributed by atoms with Gasteiger partial charge in [0.2, 0.25) is 0 Å². The molecule has 0 bridgehead atoms. The Morgan fingerprint density at radius 1 is 1.00 bits per heavy atom. The highest BCUT2D eigenvalue weighted by molar-refractivity contribution is 6.01. The molecule has 1 fully saturated rings. The van der Waals surface area contributed by atoms with E-state index in [1.54, 1.807) is 24.3 Å². The Kier molecular flexibility index (Phi) is 4.93. The molecule has 27 heavy (non-hydrogen) atoms. The number of nitrogens with one attached hydrogen (secondary N) is 2. The first kappa shape index (κ1) is 17.4. The Morgan fingerprint density at radius 3 is 2.48 bits per heavy atom. The lowest BCUT2D eigenvalue weighted by atomic mass is 10.2. The number of rotatable bonds is 5. The van der Waals surface area contributed by atoms with Gasteiger partial charge in [0.15, 0.2) is 0 Å². The van der Waals surface area contributed by atoms with E-state index in [0.717, 1.165) is 29.7 Å². The molecular weight excluding hydrogens is 340 g/mol. The second-order valence-corrected chi connectivity index (χ2v) is 6.89. The highest BCUT2D eigenvalue weighted by Crippen LogP contribution is 2.20. The molecule has 0 aliphatic carbocycles. The van der Waals surface area contributed by atoms with Crippen LogP contribution in [0, 0.1) is 0 Å². The van der Waals surface area contributed by atoms with Crippen LogP contribution in [0.5, 0.6) is 0 Å². The minimum absolute atomic E-state index is 0.291. The summed E-state index contributed by atoms with van der Waals surface area (Å²) >= 11 is 0. The molecule has 0 unspecified atom stereocenters. The zero-order valence-electron chi connectivity index (χ0n) is 15.2. The minimum atomic E-state index is -0.291. The average Bonchev–Trinajstić information content (AvgIpc) is 3.31. The summed E-state index contributed by atoms with van der Waals surface area (Å²) in [7, 11) is 0. The molecule has 0 radical (unpaired) electrons. The third-order valence-corrected chi connectivity index (χ3v) is 4.89. The number of amides is 2. The smallest absolute Gasteiger partial charge is 0.323 e. The van der Waals surface area contributed by atoms with E-state index in [4.69, 9.17) is 5.73 Å². The van der Waals surface area contributed by atoms with Crippen LogP contribution in [0.15, 0.2) is 48.7 Å². The predicted molar refractivity (Wildman–Crippen MR) is 109 cm³/mol. The molecule has 7 nitrogen and oxygen atoms in total. The van der Waals surface area contributed by atoms with Crippen molar-refractivity contribution in [3.63, 3.8) is 0 Å². The van der Waals surface area contributed by atoms with E-state index in [9.17, 15) is 4.79 Å². The molecule has 1 aliphatic rings. The Labute approximate surface area is 158 Å². The fourth-order valence-electron chi connectivity index (χ4n) is 3.45. The molecule has 1 aliphatic heterocycles. The standard InChI is InChI=1S/C20H24N6O/c21-16-3-5-17(6-4-16)23-20(27)24-18-7-8-19-15(13-18)14-22-26(19)12-11-25-9-1-2-10-25/h3-8,13-14H,1-2,9-12,21H2,(H2,23,24,27). The lowest BCUT2D eigenvalue weighted by molar-refractivity contribution is 0.262. The molecule has 0 saturated carbocycles. The monoisotopic (exact) mass is 364 g/mol. The van der Waals surface area contributed by atoms with Crippen molar-refractivity contribution in [2.24, 2.45) is 0 Å². The zero-order chi connectivity index (χ0) is 18.6. The maximum atomic E-state index is 12.2. The SMILES string of the molecule is Nc1ccc(NC(=O)Nc2ccc3c(cnn3CCN3CCCC3)c2)cc1. The highest BCUT2D eigenvalue weighted by atomic mass is 16.2. The van der Waals surface area contributed by atoms with Crippen LogP contribution in [0.2, 0.25) is 0 Å². The number of carbonyl (C=O) groups excluding carboxylic acids is 1. The summed E-state index contributed by atoms with van der Waals surface area (Å²) in [6, 6.07) is 12.6. The van der Waals surface area contributed by atoms with Crippen LogP contribution in [0.4, 0.5) is 21.9 Å². The largest absolute Gasteiger partial charge is 0.399 e. The van der Waals surface area contributed by atoms with Crippen molar-refractivity contribution in [1.29, 1.82) is 0 Å². The van der Waals surface area contributed by atoms with Crippen LogP contribution >= 0.6 is 0 Å². The van der Waals surface area contributed by atoms with Crippen molar-refractivity contribution in [3.8, 4) is 0 Å². The number of fused-ring (bicyclic) bond motifs is 1. The number of hydrogen-bond acceptors (Lipinski definition) is 4. The number of urea groups is 1. The molecule has 2 amide bonds. The van der Waals surface area contributed by atoms with Gasteiger partial charge in [0.05, 0.1) is 18.3 Å². The van der Waals surface area contributed by atoms with Crippen LogP contribution in [0.25, 0.3) is 10.9 Å². The number of benzene rings is 2. The first-order chi connectivity index (χ1) is 13.2. The van der Waals surface area contributed by atoms with Crippen LogP contribution in [-0.2, 0) is 6.54 Å². The number of nitrogens with zero attached hydrogens (tertiary/aromatic N) is 3. The van der Waals surface area contributed by atoms with E-state index in [2.05, 4.69) is 20.6 Å². The van der Waals surface area contributed by atoms with Gasteiger partial charge in [0.25, 0.3) is 0 Å². The van der Waals surface area contributed by atoms with E-state index in [-0.39, 0.29) is 6.03 Å². The van der Waals surface area contributed by atoms with Gasteiger partial charge in [-0.1, -0.05) is 0 Å². The van der Waals surface area contributed by atoms with Crippen LogP contribution in [-0.4, -0.2) is 40.3 Å². The molecule has 3 aromatic rings. The number of carbonyl (C=O) groups is 1. The molecule has 4 N–H and O–H groups in total. The Balaban J connectivity index is 1.39. The van der Waals surface area contributed by atoms with Gasteiger partial charge in [0, 0.05) is 29.0 Å². The average molecular weight is 364 g/mol. The second kappa shape index (κ2) is 7.67. The number of nitrogen functional groups attached to an aromatic ring is 1. The van der Waals surface area contributed by atoms with Crippen LogP contribution in [0.1, 0.15) is 12.8 Å². The molecule has 0 spiro atoms. The summed E-state index contributed by atoms with van der Waals surface area (Å²) in [5.41, 5.74) is 8.82. The summed E-state index contributed by atoms with van der Waals surface area (Å²) in [6.45, 7) is 4.29. The van der Waals surface area contributed by atoms with Crippen molar-refractivity contribution in [1.82, 2.24) is 14.7 Å². The highest BCUT2D eigenvalue weighted by Gasteiger charge is 2.12. The maximum Gasteiger partial charge on any atom is 0.323 e. The van der Waals surface area contributed by atoms with Crippen molar-refractivity contribution in [2.45, 2.75) is 19.4 Å². The molecule has 140 valence electrons. The number of anilines is 3. The fourth-order valence-corrected chi connectivity index (χ4v) is 3.45. The Hall–Kier alpha value is -3.06. The Morgan fingerprint density at radius 2 is 1.70 bits per heavy atom. The fraction of sp³-hybridized carbons (Fsp3) is 0.300. The summed E-state index contributed by atoms with van der Waals surface area (Å²) in [5.74, 6) is 0. The molecule has 1 aromatic heterocycles. The van der Waals surface area contributed by atoms with E-state index < -0.39 is 0 Å². The zero-order valence-corrected chi connectivity index (χ0v) is 15.2. The van der Waals surface area contributed by atoms with E-state index >= 15 is 0 Å². The molecular formula is C20H24N6O. The number of likely N-dealkylation sites (tertiary alicyclic amines) is 1. The molecule has 1 saturated heterocycles. The quantitative estimate of drug-likeness (QED) is 0.606. The van der Waals surface area contributed by atoms with Gasteiger partial charge < -0.3 is 21.3 Å². The Bertz CT molecular complexity index is 927. The van der Waals surface area contributed by atoms with Crippen molar-refractivity contribution < 1.29 is 4.79 Å². The summed E-state index contributed by atoms with van der Waals surface area (Å²) < 4.78 is 2.03. The topological polar surface area (TPSA) is 88.2 Å². The lowest BCUT2D eigenvalue weighted by Gasteiger charge is -2.14.